The van der Waals surface area contributed by atoms with Gasteiger partial charge < -0.3 is 9.84 Å². The summed E-state index contributed by atoms with van der Waals surface area (Å²) >= 11 is 0. The van der Waals surface area contributed by atoms with Crippen LogP contribution in [0.25, 0.3) is 0 Å². The maximum atomic E-state index is 12.0. The second-order valence-corrected chi connectivity index (χ2v) is 6.94. The number of amides is 1. The second kappa shape index (κ2) is 6.75. The standard InChI is InChI=1S/C21H21N3O2/c1-13-7-8-15(9-14(13)2)10-19-23-21(26-24-19)12-16-11-20(25)22-18-6-4-3-5-17(16)18/h3-9,16H,10-12H2,1-2H3,(H,22,25). The number of nitrogens with one attached hydrogen (secondary N) is 1. The molecule has 2 aromatic carbocycles. The highest BCUT2D eigenvalue weighted by molar-refractivity contribution is 5.94. The van der Waals surface area contributed by atoms with Gasteiger partial charge in [-0.1, -0.05) is 41.6 Å². The number of carbonyl (C=O) groups excluding carboxylic acids is 1. The molecule has 0 fully saturated rings. The van der Waals surface area contributed by atoms with Gasteiger partial charge in [0.2, 0.25) is 11.8 Å². The van der Waals surface area contributed by atoms with Crippen molar-refractivity contribution in [1.82, 2.24) is 10.1 Å². The lowest BCUT2D eigenvalue weighted by Gasteiger charge is -2.24. The number of carbonyl (C=O) groups is 1. The van der Waals surface area contributed by atoms with E-state index in [4.69, 9.17) is 4.52 Å². The van der Waals surface area contributed by atoms with Crippen molar-refractivity contribution in [1.29, 1.82) is 0 Å². The molecule has 1 atom stereocenters. The van der Waals surface area contributed by atoms with E-state index in [0.717, 1.165) is 11.3 Å². The Morgan fingerprint density at radius 2 is 2.00 bits per heavy atom. The highest BCUT2D eigenvalue weighted by Gasteiger charge is 2.26. The molecule has 0 aliphatic carbocycles. The van der Waals surface area contributed by atoms with E-state index in [1.165, 1.54) is 16.7 Å². The van der Waals surface area contributed by atoms with Crippen LogP contribution in [0, 0.1) is 13.8 Å². The molecular weight excluding hydrogens is 326 g/mol. The molecular formula is C21H21N3O2. The molecule has 0 saturated heterocycles. The monoisotopic (exact) mass is 347 g/mol. The summed E-state index contributed by atoms with van der Waals surface area (Å²) in [5.41, 5.74) is 5.71. The Bertz CT molecular complexity index is 961. The minimum atomic E-state index is 0.0311. The van der Waals surface area contributed by atoms with Crippen LogP contribution >= 0.6 is 0 Å². The molecule has 2 heterocycles. The van der Waals surface area contributed by atoms with E-state index in [0.29, 0.717) is 31.0 Å². The first-order valence-electron chi connectivity index (χ1n) is 8.85. The Morgan fingerprint density at radius 3 is 2.85 bits per heavy atom. The van der Waals surface area contributed by atoms with E-state index in [1.807, 2.05) is 24.3 Å². The molecule has 1 amide bonds. The average Bonchev–Trinajstić information content (AvgIpc) is 3.05. The van der Waals surface area contributed by atoms with E-state index in [2.05, 4.69) is 47.5 Å². The molecule has 0 radical (unpaired) electrons. The minimum absolute atomic E-state index is 0.0311. The second-order valence-electron chi connectivity index (χ2n) is 6.94. The third-order valence-electron chi connectivity index (χ3n) is 4.97. The number of para-hydroxylation sites is 1. The summed E-state index contributed by atoms with van der Waals surface area (Å²) in [4.78, 5) is 16.5. The van der Waals surface area contributed by atoms with Crippen LogP contribution in [0.5, 0.6) is 0 Å². The Balaban J connectivity index is 1.50. The topological polar surface area (TPSA) is 68.0 Å². The van der Waals surface area contributed by atoms with Gasteiger partial charge >= 0.3 is 0 Å². The molecule has 4 rings (SSSR count). The maximum Gasteiger partial charge on any atom is 0.227 e. The highest BCUT2D eigenvalue weighted by atomic mass is 16.5. The Labute approximate surface area is 152 Å². The lowest BCUT2D eigenvalue weighted by molar-refractivity contribution is -0.116. The minimum Gasteiger partial charge on any atom is -0.339 e. The predicted molar refractivity (Wildman–Crippen MR) is 99.2 cm³/mol. The van der Waals surface area contributed by atoms with Gasteiger partial charge in [0.25, 0.3) is 0 Å². The van der Waals surface area contributed by atoms with Gasteiger partial charge in [0.1, 0.15) is 0 Å². The van der Waals surface area contributed by atoms with Crippen LogP contribution in [0.3, 0.4) is 0 Å². The number of benzene rings is 2. The summed E-state index contributed by atoms with van der Waals surface area (Å²) in [6.07, 6.45) is 1.66. The average molecular weight is 347 g/mol. The molecule has 5 nitrogen and oxygen atoms in total. The first-order chi connectivity index (χ1) is 12.6. The molecule has 1 aliphatic heterocycles. The Morgan fingerprint density at radius 1 is 1.15 bits per heavy atom. The quantitative estimate of drug-likeness (QED) is 0.776. The largest absolute Gasteiger partial charge is 0.339 e. The molecule has 0 spiro atoms. The molecule has 3 aromatic rings. The molecule has 1 N–H and O–H groups in total. The third kappa shape index (κ3) is 3.38. The van der Waals surface area contributed by atoms with Gasteiger partial charge in [-0.15, -0.1) is 0 Å². The fourth-order valence-electron chi connectivity index (χ4n) is 3.44. The van der Waals surface area contributed by atoms with Crippen molar-refractivity contribution in [3.63, 3.8) is 0 Å². The summed E-state index contributed by atoms with van der Waals surface area (Å²) < 4.78 is 5.45. The number of anilines is 1. The van der Waals surface area contributed by atoms with Crippen LogP contribution in [-0.4, -0.2) is 16.0 Å². The number of hydrogen-bond donors (Lipinski definition) is 1. The van der Waals surface area contributed by atoms with Crippen molar-refractivity contribution in [3.05, 3.63) is 76.4 Å². The summed E-state index contributed by atoms with van der Waals surface area (Å²) in [6.45, 7) is 4.20. The normalized spacial score (nSPS) is 16.2. The lowest BCUT2D eigenvalue weighted by Crippen LogP contribution is -2.24. The molecule has 1 unspecified atom stereocenters. The third-order valence-corrected chi connectivity index (χ3v) is 4.97. The fourth-order valence-corrected chi connectivity index (χ4v) is 3.44. The summed E-state index contributed by atoms with van der Waals surface area (Å²) in [5, 5.41) is 7.04. The number of nitrogens with zero attached hydrogens (tertiary/aromatic N) is 2. The van der Waals surface area contributed by atoms with E-state index in [1.54, 1.807) is 0 Å². The zero-order chi connectivity index (χ0) is 18.1. The number of hydrogen-bond acceptors (Lipinski definition) is 4. The first-order valence-corrected chi connectivity index (χ1v) is 8.85. The first kappa shape index (κ1) is 16.5. The molecule has 26 heavy (non-hydrogen) atoms. The maximum absolute atomic E-state index is 12.0. The van der Waals surface area contributed by atoms with E-state index in [9.17, 15) is 4.79 Å². The smallest absolute Gasteiger partial charge is 0.227 e. The molecule has 0 bridgehead atoms. The van der Waals surface area contributed by atoms with Crippen molar-refractivity contribution in [3.8, 4) is 0 Å². The van der Waals surface area contributed by atoms with Gasteiger partial charge in [-0.25, -0.2) is 0 Å². The molecule has 5 heteroatoms. The van der Waals surface area contributed by atoms with Crippen LogP contribution in [0.1, 0.15) is 46.3 Å². The van der Waals surface area contributed by atoms with Gasteiger partial charge in [-0.05, 0) is 42.2 Å². The van der Waals surface area contributed by atoms with Crippen molar-refractivity contribution >= 4 is 11.6 Å². The Hall–Kier alpha value is -2.95. The number of aromatic nitrogens is 2. The zero-order valence-corrected chi connectivity index (χ0v) is 15.0. The van der Waals surface area contributed by atoms with E-state index >= 15 is 0 Å². The summed E-state index contributed by atoms with van der Waals surface area (Å²) in [7, 11) is 0. The van der Waals surface area contributed by atoms with Gasteiger partial charge in [0.15, 0.2) is 5.82 Å². The van der Waals surface area contributed by atoms with Crippen molar-refractivity contribution in [2.24, 2.45) is 0 Å². The summed E-state index contributed by atoms with van der Waals surface area (Å²) in [5.74, 6) is 1.36. The summed E-state index contributed by atoms with van der Waals surface area (Å²) in [6, 6.07) is 14.3. The molecule has 0 saturated carbocycles. The molecule has 132 valence electrons. The van der Waals surface area contributed by atoms with Crippen molar-refractivity contribution in [2.45, 2.75) is 39.0 Å². The molecule has 1 aromatic heterocycles. The van der Waals surface area contributed by atoms with Crippen LogP contribution in [0.4, 0.5) is 5.69 Å². The number of fused-ring (bicyclic) bond motifs is 1. The fraction of sp³-hybridized carbons (Fsp3) is 0.286. The number of aryl methyl sites for hydroxylation is 2. The van der Waals surface area contributed by atoms with Gasteiger partial charge in [-0.2, -0.15) is 4.98 Å². The zero-order valence-electron chi connectivity index (χ0n) is 15.0. The SMILES string of the molecule is Cc1ccc(Cc2noc(CC3CC(=O)Nc4ccccc43)n2)cc1C. The Kier molecular flexibility index (Phi) is 4.29. The highest BCUT2D eigenvalue weighted by Crippen LogP contribution is 2.34. The number of rotatable bonds is 4. The van der Waals surface area contributed by atoms with Gasteiger partial charge in [0.05, 0.1) is 0 Å². The van der Waals surface area contributed by atoms with Crippen molar-refractivity contribution in [2.75, 3.05) is 5.32 Å². The molecule has 1 aliphatic rings. The van der Waals surface area contributed by atoms with E-state index in [-0.39, 0.29) is 11.8 Å². The van der Waals surface area contributed by atoms with E-state index < -0.39 is 0 Å². The van der Waals surface area contributed by atoms with Crippen molar-refractivity contribution < 1.29 is 9.32 Å². The lowest BCUT2D eigenvalue weighted by atomic mass is 9.88. The van der Waals surface area contributed by atoms with Crippen LogP contribution in [-0.2, 0) is 17.6 Å². The van der Waals surface area contributed by atoms with Crippen LogP contribution in [0.15, 0.2) is 47.0 Å². The van der Waals surface area contributed by atoms with Gasteiger partial charge in [0, 0.05) is 30.9 Å². The predicted octanol–water partition coefficient (Wildman–Crippen LogP) is 3.95. The van der Waals surface area contributed by atoms with Crippen LogP contribution in [0.2, 0.25) is 0 Å². The van der Waals surface area contributed by atoms with Crippen LogP contribution < -0.4 is 5.32 Å². The van der Waals surface area contributed by atoms with Gasteiger partial charge in [-0.3, -0.25) is 4.79 Å².